The van der Waals surface area contributed by atoms with E-state index in [1.165, 1.54) is 0 Å². The van der Waals surface area contributed by atoms with Crippen molar-refractivity contribution in [2.45, 2.75) is 6.92 Å². The Hall–Kier alpha value is -2.30. The summed E-state index contributed by atoms with van der Waals surface area (Å²) in [5.74, 6) is 2.68. The van der Waals surface area contributed by atoms with Crippen LogP contribution in [-0.4, -0.2) is 31.2 Å². The van der Waals surface area contributed by atoms with Crippen molar-refractivity contribution in [3.8, 4) is 22.9 Å². The van der Waals surface area contributed by atoms with Crippen LogP contribution in [0, 0.1) is 6.92 Å². The maximum Gasteiger partial charge on any atom is 0.171 e. The molecule has 0 aliphatic carbocycles. The summed E-state index contributed by atoms with van der Waals surface area (Å²) in [7, 11) is 5.04. The number of aromatic nitrogens is 2. The van der Waals surface area contributed by atoms with Gasteiger partial charge in [-0.2, -0.15) is 0 Å². The second kappa shape index (κ2) is 5.56. The van der Waals surface area contributed by atoms with Crippen LogP contribution in [0.25, 0.3) is 11.4 Å². The van der Waals surface area contributed by atoms with Crippen LogP contribution >= 0.6 is 0 Å². The van der Waals surface area contributed by atoms with Gasteiger partial charge in [0.05, 0.1) is 19.8 Å². The Labute approximate surface area is 112 Å². The van der Waals surface area contributed by atoms with Gasteiger partial charge < -0.3 is 14.8 Å². The summed E-state index contributed by atoms with van der Waals surface area (Å²) >= 11 is 0. The lowest BCUT2D eigenvalue weighted by molar-refractivity contribution is 0.356. The predicted molar refractivity (Wildman–Crippen MR) is 74.9 cm³/mol. The van der Waals surface area contributed by atoms with E-state index in [0.29, 0.717) is 17.3 Å². The van der Waals surface area contributed by atoms with Crippen molar-refractivity contribution in [1.29, 1.82) is 0 Å². The number of nitrogens with one attached hydrogen (secondary N) is 1. The van der Waals surface area contributed by atoms with Gasteiger partial charge in [0.25, 0.3) is 0 Å². The fourth-order valence-electron chi connectivity index (χ4n) is 1.88. The van der Waals surface area contributed by atoms with Crippen molar-refractivity contribution in [1.82, 2.24) is 9.97 Å². The molecule has 0 radical (unpaired) electrons. The lowest BCUT2D eigenvalue weighted by Gasteiger charge is -2.12. The van der Waals surface area contributed by atoms with Crippen LogP contribution in [0.5, 0.6) is 11.5 Å². The topological polar surface area (TPSA) is 56.3 Å². The van der Waals surface area contributed by atoms with Crippen LogP contribution in [0.1, 0.15) is 5.69 Å². The molecular formula is C14H17N3O2. The van der Waals surface area contributed by atoms with E-state index >= 15 is 0 Å². The first kappa shape index (κ1) is 13.1. The Morgan fingerprint density at radius 1 is 1.11 bits per heavy atom. The van der Waals surface area contributed by atoms with Gasteiger partial charge in [-0.3, -0.25) is 0 Å². The Bertz CT molecular complexity index is 585. The first-order valence-corrected chi connectivity index (χ1v) is 5.94. The van der Waals surface area contributed by atoms with Gasteiger partial charge in [0.1, 0.15) is 5.82 Å². The van der Waals surface area contributed by atoms with Gasteiger partial charge in [-0.1, -0.05) is 6.07 Å². The summed E-state index contributed by atoms with van der Waals surface area (Å²) in [6.07, 6.45) is 0. The average molecular weight is 259 g/mol. The maximum atomic E-state index is 5.41. The summed E-state index contributed by atoms with van der Waals surface area (Å²) in [4.78, 5) is 8.90. The molecule has 5 nitrogen and oxygen atoms in total. The molecule has 0 saturated carbocycles. The molecule has 1 N–H and O–H groups in total. The van der Waals surface area contributed by atoms with E-state index in [1.54, 1.807) is 14.2 Å². The molecule has 19 heavy (non-hydrogen) atoms. The molecule has 0 aliphatic heterocycles. The average Bonchev–Trinajstić information content (AvgIpc) is 2.45. The molecule has 0 amide bonds. The van der Waals surface area contributed by atoms with E-state index in [1.807, 2.05) is 38.2 Å². The van der Waals surface area contributed by atoms with Crippen molar-refractivity contribution in [2.24, 2.45) is 0 Å². The monoisotopic (exact) mass is 259 g/mol. The lowest BCUT2D eigenvalue weighted by Crippen LogP contribution is -2.00. The fourth-order valence-corrected chi connectivity index (χ4v) is 1.88. The highest BCUT2D eigenvalue weighted by molar-refractivity contribution is 5.69. The highest BCUT2D eigenvalue weighted by atomic mass is 16.5. The third-order valence-electron chi connectivity index (χ3n) is 2.75. The number of para-hydroxylation sites is 1. The molecule has 2 aromatic rings. The van der Waals surface area contributed by atoms with Crippen LogP contribution in [-0.2, 0) is 0 Å². The summed E-state index contributed by atoms with van der Waals surface area (Å²) in [5.41, 5.74) is 1.70. The second-order valence-electron chi connectivity index (χ2n) is 4.01. The molecular weight excluding hydrogens is 242 g/mol. The SMILES string of the molecule is CNc1cc(C)nc(-c2cccc(OC)c2OC)n1. The van der Waals surface area contributed by atoms with Crippen LogP contribution < -0.4 is 14.8 Å². The predicted octanol–water partition coefficient (Wildman–Crippen LogP) is 2.51. The second-order valence-corrected chi connectivity index (χ2v) is 4.01. The van der Waals surface area contributed by atoms with Gasteiger partial charge in [0, 0.05) is 18.8 Å². The van der Waals surface area contributed by atoms with Gasteiger partial charge in [0.15, 0.2) is 17.3 Å². The van der Waals surface area contributed by atoms with E-state index in [9.17, 15) is 0 Å². The van der Waals surface area contributed by atoms with E-state index < -0.39 is 0 Å². The molecule has 0 saturated heterocycles. The molecule has 0 aliphatic rings. The summed E-state index contributed by atoms with van der Waals surface area (Å²) < 4.78 is 10.7. The van der Waals surface area contributed by atoms with Crippen molar-refractivity contribution < 1.29 is 9.47 Å². The normalized spacial score (nSPS) is 10.1. The standard InChI is InChI=1S/C14H17N3O2/c1-9-8-12(15-2)17-14(16-9)10-6-5-7-11(18-3)13(10)19-4/h5-8H,1-4H3,(H,15,16,17). The van der Waals surface area contributed by atoms with Crippen LogP contribution in [0.3, 0.4) is 0 Å². The zero-order chi connectivity index (χ0) is 13.8. The highest BCUT2D eigenvalue weighted by Crippen LogP contribution is 2.36. The van der Waals surface area contributed by atoms with Gasteiger partial charge in [-0.15, -0.1) is 0 Å². The minimum Gasteiger partial charge on any atom is -0.493 e. The Morgan fingerprint density at radius 2 is 1.89 bits per heavy atom. The van der Waals surface area contributed by atoms with E-state index in [2.05, 4.69) is 15.3 Å². The van der Waals surface area contributed by atoms with Gasteiger partial charge in [-0.05, 0) is 19.1 Å². The summed E-state index contributed by atoms with van der Waals surface area (Å²) in [5, 5.41) is 3.02. The van der Waals surface area contributed by atoms with Crippen molar-refractivity contribution >= 4 is 5.82 Å². The molecule has 0 fully saturated rings. The van der Waals surface area contributed by atoms with Crippen LogP contribution in [0.15, 0.2) is 24.3 Å². The minimum atomic E-state index is 0.611. The third kappa shape index (κ3) is 2.59. The third-order valence-corrected chi connectivity index (χ3v) is 2.75. The number of hydrogen-bond acceptors (Lipinski definition) is 5. The van der Waals surface area contributed by atoms with E-state index in [4.69, 9.17) is 9.47 Å². The molecule has 1 aromatic carbocycles. The van der Waals surface area contributed by atoms with Gasteiger partial charge >= 0.3 is 0 Å². The van der Waals surface area contributed by atoms with Crippen LogP contribution in [0.2, 0.25) is 0 Å². The minimum absolute atomic E-state index is 0.611. The Balaban J connectivity index is 2.61. The largest absolute Gasteiger partial charge is 0.493 e. The molecule has 2 rings (SSSR count). The molecule has 0 unspecified atom stereocenters. The number of anilines is 1. The van der Waals surface area contributed by atoms with Crippen molar-refractivity contribution in [3.05, 3.63) is 30.0 Å². The number of benzene rings is 1. The summed E-state index contributed by atoms with van der Waals surface area (Å²) in [6.45, 7) is 1.93. The molecule has 1 heterocycles. The zero-order valence-electron chi connectivity index (χ0n) is 11.5. The van der Waals surface area contributed by atoms with Crippen molar-refractivity contribution in [2.75, 3.05) is 26.6 Å². The Kier molecular flexibility index (Phi) is 3.85. The molecule has 5 heteroatoms. The van der Waals surface area contributed by atoms with E-state index in [-0.39, 0.29) is 0 Å². The number of rotatable bonds is 4. The number of hydrogen-bond donors (Lipinski definition) is 1. The smallest absolute Gasteiger partial charge is 0.171 e. The summed E-state index contributed by atoms with van der Waals surface area (Å²) in [6, 6.07) is 7.53. The molecule has 0 bridgehead atoms. The Morgan fingerprint density at radius 3 is 2.53 bits per heavy atom. The number of methoxy groups -OCH3 is 2. The van der Waals surface area contributed by atoms with Crippen molar-refractivity contribution in [3.63, 3.8) is 0 Å². The number of aryl methyl sites for hydroxylation is 1. The fraction of sp³-hybridized carbons (Fsp3) is 0.286. The van der Waals surface area contributed by atoms with Gasteiger partial charge in [0.2, 0.25) is 0 Å². The number of nitrogens with zero attached hydrogens (tertiary/aromatic N) is 2. The first-order valence-electron chi connectivity index (χ1n) is 5.94. The molecule has 0 atom stereocenters. The number of ether oxygens (including phenoxy) is 2. The maximum absolute atomic E-state index is 5.41. The van der Waals surface area contributed by atoms with E-state index in [0.717, 1.165) is 17.1 Å². The molecule has 100 valence electrons. The zero-order valence-corrected chi connectivity index (χ0v) is 11.5. The lowest BCUT2D eigenvalue weighted by atomic mass is 10.1. The highest BCUT2D eigenvalue weighted by Gasteiger charge is 2.14. The molecule has 1 aromatic heterocycles. The van der Waals surface area contributed by atoms with Crippen LogP contribution in [0.4, 0.5) is 5.82 Å². The molecule has 0 spiro atoms. The quantitative estimate of drug-likeness (QED) is 0.914. The van der Waals surface area contributed by atoms with Gasteiger partial charge in [-0.25, -0.2) is 9.97 Å². The first-order chi connectivity index (χ1) is 9.19.